The first kappa shape index (κ1) is 11.4. The average molecular weight is 227 g/mol. The lowest BCUT2D eigenvalue weighted by Gasteiger charge is -2.24. The maximum absolute atomic E-state index is 11.6. The molecular formula is C11H17NO4. The van der Waals surface area contributed by atoms with E-state index in [2.05, 4.69) is 10.1 Å². The molecule has 0 aromatic rings. The van der Waals surface area contributed by atoms with Gasteiger partial charge in [0.25, 0.3) is 0 Å². The van der Waals surface area contributed by atoms with Gasteiger partial charge in [-0.1, -0.05) is 6.42 Å². The molecule has 16 heavy (non-hydrogen) atoms. The van der Waals surface area contributed by atoms with Crippen LogP contribution < -0.4 is 5.32 Å². The third kappa shape index (κ3) is 2.35. The molecule has 0 aromatic heterocycles. The van der Waals surface area contributed by atoms with Crippen molar-refractivity contribution in [3.63, 3.8) is 0 Å². The molecule has 0 amide bonds. The van der Waals surface area contributed by atoms with Gasteiger partial charge >= 0.3 is 11.9 Å². The second-order valence-corrected chi connectivity index (χ2v) is 4.41. The number of hydrogen-bond acceptors (Lipinski definition) is 5. The van der Waals surface area contributed by atoms with E-state index in [-0.39, 0.29) is 30.0 Å². The van der Waals surface area contributed by atoms with Crippen LogP contribution in [0.2, 0.25) is 0 Å². The standard InChI is InChI=1S/C11H17NO4/c1-15-11(14)9-5-8(6-12-9)16-10(13)7-3-2-4-7/h7-9,12H,2-6H2,1H3. The van der Waals surface area contributed by atoms with Gasteiger partial charge in [-0.2, -0.15) is 0 Å². The van der Waals surface area contributed by atoms with Gasteiger partial charge in [-0.05, 0) is 12.8 Å². The Hall–Kier alpha value is -1.10. The molecule has 0 radical (unpaired) electrons. The quantitative estimate of drug-likeness (QED) is 0.699. The van der Waals surface area contributed by atoms with E-state index in [1.807, 2.05) is 0 Å². The summed E-state index contributed by atoms with van der Waals surface area (Å²) in [5, 5.41) is 2.99. The summed E-state index contributed by atoms with van der Waals surface area (Å²) < 4.78 is 9.96. The van der Waals surface area contributed by atoms with Crippen LogP contribution in [0.15, 0.2) is 0 Å². The number of nitrogens with one attached hydrogen (secondary N) is 1. The molecule has 5 nitrogen and oxygen atoms in total. The molecule has 5 heteroatoms. The van der Waals surface area contributed by atoms with Crippen LogP contribution in [-0.4, -0.2) is 37.7 Å². The fourth-order valence-electron chi connectivity index (χ4n) is 2.02. The lowest BCUT2D eigenvalue weighted by Crippen LogP contribution is -2.31. The van der Waals surface area contributed by atoms with Gasteiger partial charge in [-0.15, -0.1) is 0 Å². The van der Waals surface area contributed by atoms with Crippen LogP contribution in [0, 0.1) is 5.92 Å². The van der Waals surface area contributed by atoms with Crippen LogP contribution in [0.1, 0.15) is 25.7 Å². The topological polar surface area (TPSA) is 64.6 Å². The number of ether oxygens (including phenoxy) is 2. The highest BCUT2D eigenvalue weighted by molar-refractivity contribution is 5.76. The van der Waals surface area contributed by atoms with E-state index in [0.717, 1.165) is 19.3 Å². The zero-order valence-electron chi connectivity index (χ0n) is 9.40. The van der Waals surface area contributed by atoms with Crippen molar-refractivity contribution < 1.29 is 19.1 Å². The largest absolute Gasteiger partial charge is 0.468 e. The van der Waals surface area contributed by atoms with E-state index in [9.17, 15) is 9.59 Å². The second-order valence-electron chi connectivity index (χ2n) is 4.41. The number of esters is 2. The summed E-state index contributed by atoms with van der Waals surface area (Å²) in [6.07, 6.45) is 3.34. The van der Waals surface area contributed by atoms with Crippen molar-refractivity contribution >= 4 is 11.9 Å². The SMILES string of the molecule is COC(=O)C1CC(OC(=O)C2CCC2)CN1. The minimum Gasteiger partial charge on any atom is -0.468 e. The fourth-order valence-corrected chi connectivity index (χ4v) is 2.02. The van der Waals surface area contributed by atoms with Crippen molar-refractivity contribution in [2.24, 2.45) is 5.92 Å². The highest BCUT2D eigenvalue weighted by atomic mass is 16.5. The van der Waals surface area contributed by atoms with Crippen LogP contribution in [-0.2, 0) is 19.1 Å². The van der Waals surface area contributed by atoms with Crippen molar-refractivity contribution in [1.82, 2.24) is 5.32 Å². The number of rotatable bonds is 3. The van der Waals surface area contributed by atoms with E-state index in [1.54, 1.807) is 0 Å². The Morgan fingerprint density at radius 2 is 2.00 bits per heavy atom. The molecule has 2 rings (SSSR count). The van der Waals surface area contributed by atoms with Crippen LogP contribution in [0.25, 0.3) is 0 Å². The van der Waals surface area contributed by atoms with Gasteiger partial charge in [0.2, 0.25) is 0 Å². The Balaban J connectivity index is 1.75. The first-order chi connectivity index (χ1) is 7.70. The summed E-state index contributed by atoms with van der Waals surface area (Å²) in [5.41, 5.74) is 0. The van der Waals surface area contributed by atoms with Gasteiger partial charge < -0.3 is 14.8 Å². The van der Waals surface area contributed by atoms with Crippen LogP contribution in [0.3, 0.4) is 0 Å². The van der Waals surface area contributed by atoms with Crippen molar-refractivity contribution in [3.8, 4) is 0 Å². The average Bonchev–Trinajstić information content (AvgIpc) is 2.62. The zero-order chi connectivity index (χ0) is 11.5. The minimum atomic E-state index is -0.329. The summed E-state index contributed by atoms with van der Waals surface area (Å²) in [7, 11) is 1.36. The van der Waals surface area contributed by atoms with E-state index in [4.69, 9.17) is 4.74 Å². The van der Waals surface area contributed by atoms with Gasteiger partial charge in [-0.3, -0.25) is 9.59 Å². The molecule has 1 aliphatic carbocycles. The Morgan fingerprint density at radius 3 is 2.56 bits per heavy atom. The number of carbonyl (C=O) groups is 2. The lowest BCUT2D eigenvalue weighted by atomic mass is 9.86. The molecule has 2 fully saturated rings. The molecule has 0 bridgehead atoms. The predicted octanol–water partition coefficient (Wildman–Crippen LogP) is 0.233. The first-order valence-electron chi connectivity index (χ1n) is 5.72. The summed E-state index contributed by atoms with van der Waals surface area (Å²) >= 11 is 0. The molecule has 2 unspecified atom stereocenters. The first-order valence-corrected chi connectivity index (χ1v) is 5.72. The van der Waals surface area contributed by atoms with E-state index < -0.39 is 0 Å². The van der Waals surface area contributed by atoms with Gasteiger partial charge in [0, 0.05) is 13.0 Å². The smallest absolute Gasteiger partial charge is 0.323 e. The van der Waals surface area contributed by atoms with Crippen molar-refractivity contribution in [1.29, 1.82) is 0 Å². The van der Waals surface area contributed by atoms with Crippen molar-refractivity contribution in [2.75, 3.05) is 13.7 Å². The molecule has 1 N–H and O–H groups in total. The molecular weight excluding hydrogens is 210 g/mol. The Kier molecular flexibility index (Phi) is 3.43. The fraction of sp³-hybridized carbons (Fsp3) is 0.818. The molecule has 1 saturated heterocycles. The Morgan fingerprint density at radius 1 is 1.25 bits per heavy atom. The molecule has 1 aliphatic heterocycles. The normalized spacial score (nSPS) is 29.6. The van der Waals surface area contributed by atoms with Crippen LogP contribution in [0.5, 0.6) is 0 Å². The van der Waals surface area contributed by atoms with E-state index in [1.165, 1.54) is 7.11 Å². The molecule has 1 heterocycles. The predicted molar refractivity (Wildman–Crippen MR) is 55.6 cm³/mol. The maximum atomic E-state index is 11.6. The maximum Gasteiger partial charge on any atom is 0.323 e. The lowest BCUT2D eigenvalue weighted by molar-refractivity contribution is -0.156. The van der Waals surface area contributed by atoms with Crippen molar-refractivity contribution in [2.45, 2.75) is 37.8 Å². The molecule has 2 atom stereocenters. The Bertz CT molecular complexity index is 288. The number of methoxy groups -OCH3 is 1. The van der Waals surface area contributed by atoms with Crippen molar-refractivity contribution in [3.05, 3.63) is 0 Å². The minimum absolute atomic E-state index is 0.0946. The van der Waals surface area contributed by atoms with Gasteiger partial charge in [0.05, 0.1) is 13.0 Å². The molecule has 90 valence electrons. The third-order valence-corrected chi connectivity index (χ3v) is 3.30. The molecule has 0 spiro atoms. The Labute approximate surface area is 94.5 Å². The van der Waals surface area contributed by atoms with E-state index in [0.29, 0.717) is 13.0 Å². The molecule has 2 aliphatic rings. The number of hydrogen-bond donors (Lipinski definition) is 1. The van der Waals surface area contributed by atoms with Crippen LogP contribution in [0.4, 0.5) is 0 Å². The monoisotopic (exact) mass is 227 g/mol. The summed E-state index contributed by atoms with van der Waals surface area (Å²) in [5.74, 6) is -0.303. The van der Waals surface area contributed by atoms with Gasteiger partial charge in [0.15, 0.2) is 0 Å². The molecule has 0 aromatic carbocycles. The zero-order valence-corrected chi connectivity index (χ0v) is 9.40. The third-order valence-electron chi connectivity index (χ3n) is 3.30. The highest BCUT2D eigenvalue weighted by Crippen LogP contribution is 2.28. The van der Waals surface area contributed by atoms with Gasteiger partial charge in [0.1, 0.15) is 12.1 Å². The summed E-state index contributed by atoms with van der Waals surface area (Å²) in [4.78, 5) is 22.8. The molecule has 1 saturated carbocycles. The number of carbonyl (C=O) groups excluding carboxylic acids is 2. The highest BCUT2D eigenvalue weighted by Gasteiger charge is 2.35. The second kappa shape index (κ2) is 4.82. The summed E-state index contributed by atoms with van der Waals surface area (Å²) in [6, 6.07) is -0.329. The van der Waals surface area contributed by atoms with E-state index >= 15 is 0 Å². The summed E-state index contributed by atoms with van der Waals surface area (Å²) in [6.45, 7) is 0.540. The van der Waals surface area contributed by atoms with Gasteiger partial charge in [-0.25, -0.2) is 0 Å². The van der Waals surface area contributed by atoms with Crippen LogP contribution >= 0.6 is 0 Å².